The molecule has 0 bridgehead atoms. The molecule has 2 aromatic rings. The fourth-order valence-corrected chi connectivity index (χ4v) is 2.17. The fourth-order valence-electron chi connectivity index (χ4n) is 2.17. The normalized spacial score (nSPS) is 10.5. The van der Waals surface area contributed by atoms with Gasteiger partial charge in [-0.3, -0.25) is 0 Å². The van der Waals surface area contributed by atoms with E-state index in [1.54, 1.807) is 7.11 Å². The van der Waals surface area contributed by atoms with Gasteiger partial charge in [-0.25, -0.2) is 15.8 Å². The van der Waals surface area contributed by atoms with E-state index in [1.165, 1.54) is 6.33 Å². The minimum absolute atomic E-state index is 0.255. The van der Waals surface area contributed by atoms with Gasteiger partial charge in [0.05, 0.1) is 7.11 Å². The Labute approximate surface area is 124 Å². The number of nitrogens with zero attached hydrogens (tertiary/aromatic N) is 2. The fraction of sp³-hybridized carbons (Fsp3) is 0.333. The third-order valence-electron chi connectivity index (χ3n) is 3.19. The van der Waals surface area contributed by atoms with Crippen LogP contribution < -0.4 is 21.3 Å². The highest BCUT2D eigenvalue weighted by Crippen LogP contribution is 2.28. The van der Waals surface area contributed by atoms with E-state index in [4.69, 9.17) is 10.6 Å². The molecule has 1 aromatic carbocycles. The molecule has 4 N–H and O–H groups in total. The lowest BCUT2D eigenvalue weighted by Gasteiger charge is -2.16. The Morgan fingerprint density at radius 3 is 2.67 bits per heavy atom. The molecule has 0 fully saturated rings. The van der Waals surface area contributed by atoms with Crippen molar-refractivity contribution in [1.29, 1.82) is 0 Å². The number of nitrogens with one attached hydrogen (secondary N) is 2. The van der Waals surface area contributed by atoms with Crippen LogP contribution in [0.25, 0.3) is 0 Å². The molecule has 0 saturated heterocycles. The van der Waals surface area contributed by atoms with Gasteiger partial charge in [0.2, 0.25) is 0 Å². The Morgan fingerprint density at radius 1 is 1.24 bits per heavy atom. The Bertz CT molecular complexity index is 600. The zero-order chi connectivity index (χ0) is 15.2. The molecule has 21 heavy (non-hydrogen) atoms. The third-order valence-corrected chi connectivity index (χ3v) is 3.19. The molecular formula is C15H21N5O. The third kappa shape index (κ3) is 3.61. The summed E-state index contributed by atoms with van der Waals surface area (Å²) in [5.74, 6) is 8.05. The second-order valence-corrected chi connectivity index (χ2v) is 4.99. The second kappa shape index (κ2) is 6.90. The van der Waals surface area contributed by atoms with E-state index in [0.29, 0.717) is 12.4 Å². The standard InChI is InChI=1S/C15H21N5O/c1-10(2)13-14(18-9-19-15(13)20-16)17-8-11-5-4-6-12(7-11)21-3/h4-7,9-10H,8,16H2,1-3H3,(H2,17,18,19,20). The predicted octanol–water partition coefficient (Wildman–Crippen LogP) is 2.51. The summed E-state index contributed by atoms with van der Waals surface area (Å²) in [6.45, 7) is 4.81. The average Bonchev–Trinajstić information content (AvgIpc) is 2.52. The summed E-state index contributed by atoms with van der Waals surface area (Å²) in [6.07, 6.45) is 1.50. The second-order valence-electron chi connectivity index (χ2n) is 4.99. The van der Waals surface area contributed by atoms with Crippen LogP contribution in [0.1, 0.15) is 30.9 Å². The maximum absolute atomic E-state index is 5.52. The van der Waals surface area contributed by atoms with E-state index in [-0.39, 0.29) is 5.92 Å². The Morgan fingerprint density at radius 2 is 2.00 bits per heavy atom. The molecule has 0 aliphatic heterocycles. The van der Waals surface area contributed by atoms with Gasteiger partial charge in [-0.1, -0.05) is 26.0 Å². The first-order valence-electron chi connectivity index (χ1n) is 6.84. The van der Waals surface area contributed by atoms with Crippen molar-refractivity contribution >= 4 is 11.6 Å². The summed E-state index contributed by atoms with van der Waals surface area (Å²) in [7, 11) is 1.66. The highest BCUT2D eigenvalue weighted by molar-refractivity contribution is 5.58. The molecule has 112 valence electrons. The number of rotatable bonds is 6. The van der Waals surface area contributed by atoms with Gasteiger partial charge in [0, 0.05) is 12.1 Å². The van der Waals surface area contributed by atoms with Crippen LogP contribution in [-0.4, -0.2) is 17.1 Å². The summed E-state index contributed by atoms with van der Waals surface area (Å²) in [5.41, 5.74) is 4.71. The molecule has 0 aliphatic rings. The van der Waals surface area contributed by atoms with Crippen molar-refractivity contribution in [2.75, 3.05) is 17.9 Å². The Balaban J connectivity index is 2.19. The summed E-state index contributed by atoms with van der Waals surface area (Å²) in [4.78, 5) is 8.47. The van der Waals surface area contributed by atoms with Crippen LogP contribution in [0.2, 0.25) is 0 Å². The molecule has 0 unspecified atom stereocenters. The van der Waals surface area contributed by atoms with Gasteiger partial charge >= 0.3 is 0 Å². The van der Waals surface area contributed by atoms with Crippen LogP contribution in [0, 0.1) is 0 Å². The summed E-state index contributed by atoms with van der Waals surface area (Å²) in [6, 6.07) is 7.91. The summed E-state index contributed by atoms with van der Waals surface area (Å²) < 4.78 is 5.23. The van der Waals surface area contributed by atoms with E-state index < -0.39 is 0 Å². The van der Waals surface area contributed by atoms with Crippen LogP contribution in [0.5, 0.6) is 5.75 Å². The molecule has 1 heterocycles. The van der Waals surface area contributed by atoms with E-state index >= 15 is 0 Å². The topological polar surface area (TPSA) is 85.1 Å². The number of hydrogen-bond acceptors (Lipinski definition) is 6. The predicted molar refractivity (Wildman–Crippen MR) is 84.3 cm³/mol. The highest BCUT2D eigenvalue weighted by atomic mass is 16.5. The molecule has 0 aliphatic carbocycles. The molecule has 1 aromatic heterocycles. The summed E-state index contributed by atoms with van der Waals surface area (Å²) >= 11 is 0. The van der Waals surface area contributed by atoms with Crippen molar-refractivity contribution in [2.24, 2.45) is 5.84 Å². The van der Waals surface area contributed by atoms with Gasteiger partial charge in [0.15, 0.2) is 0 Å². The largest absolute Gasteiger partial charge is 0.497 e. The lowest BCUT2D eigenvalue weighted by Crippen LogP contribution is -2.15. The average molecular weight is 287 g/mol. The molecule has 0 atom stereocenters. The van der Waals surface area contributed by atoms with Crippen molar-refractivity contribution in [3.05, 3.63) is 41.7 Å². The number of aromatic nitrogens is 2. The van der Waals surface area contributed by atoms with Crippen molar-refractivity contribution in [3.8, 4) is 5.75 Å². The van der Waals surface area contributed by atoms with Crippen molar-refractivity contribution < 1.29 is 4.74 Å². The minimum Gasteiger partial charge on any atom is -0.497 e. The first-order chi connectivity index (χ1) is 10.2. The van der Waals surface area contributed by atoms with Crippen LogP contribution >= 0.6 is 0 Å². The van der Waals surface area contributed by atoms with E-state index in [2.05, 4.69) is 34.6 Å². The maximum atomic E-state index is 5.52. The molecule has 2 rings (SSSR count). The zero-order valence-corrected chi connectivity index (χ0v) is 12.6. The van der Waals surface area contributed by atoms with Crippen molar-refractivity contribution in [2.45, 2.75) is 26.3 Å². The number of methoxy groups -OCH3 is 1. The zero-order valence-electron chi connectivity index (χ0n) is 12.6. The number of benzene rings is 1. The van der Waals surface area contributed by atoms with Crippen LogP contribution in [-0.2, 0) is 6.54 Å². The SMILES string of the molecule is COc1cccc(CNc2ncnc(NN)c2C(C)C)c1. The lowest BCUT2D eigenvalue weighted by molar-refractivity contribution is 0.414. The van der Waals surface area contributed by atoms with E-state index in [1.807, 2.05) is 24.3 Å². The molecule has 6 heteroatoms. The molecule has 0 saturated carbocycles. The van der Waals surface area contributed by atoms with Crippen LogP contribution in [0.3, 0.4) is 0 Å². The Kier molecular flexibility index (Phi) is 4.94. The number of nitrogens with two attached hydrogens (primary N) is 1. The van der Waals surface area contributed by atoms with Gasteiger partial charge in [0.25, 0.3) is 0 Å². The van der Waals surface area contributed by atoms with Gasteiger partial charge in [-0.2, -0.15) is 0 Å². The first kappa shape index (κ1) is 15.1. The quantitative estimate of drug-likeness (QED) is 0.559. The number of hydrazine groups is 1. The first-order valence-corrected chi connectivity index (χ1v) is 6.84. The van der Waals surface area contributed by atoms with Crippen LogP contribution in [0.4, 0.5) is 11.6 Å². The molecule has 0 radical (unpaired) electrons. The van der Waals surface area contributed by atoms with Gasteiger partial charge in [0.1, 0.15) is 23.7 Å². The van der Waals surface area contributed by atoms with Crippen molar-refractivity contribution in [3.63, 3.8) is 0 Å². The number of ether oxygens (including phenoxy) is 1. The smallest absolute Gasteiger partial charge is 0.148 e. The highest BCUT2D eigenvalue weighted by Gasteiger charge is 2.14. The van der Waals surface area contributed by atoms with Gasteiger partial charge in [-0.15, -0.1) is 0 Å². The molecule has 6 nitrogen and oxygen atoms in total. The molecule has 0 amide bonds. The number of anilines is 2. The van der Waals surface area contributed by atoms with Crippen molar-refractivity contribution in [1.82, 2.24) is 9.97 Å². The van der Waals surface area contributed by atoms with E-state index in [9.17, 15) is 0 Å². The lowest BCUT2D eigenvalue weighted by atomic mass is 10.0. The van der Waals surface area contributed by atoms with Gasteiger partial charge < -0.3 is 15.5 Å². The monoisotopic (exact) mass is 287 g/mol. The minimum atomic E-state index is 0.255. The summed E-state index contributed by atoms with van der Waals surface area (Å²) in [5, 5.41) is 3.33. The number of nitrogen functional groups attached to an aromatic ring is 1. The van der Waals surface area contributed by atoms with Gasteiger partial charge in [-0.05, 0) is 23.6 Å². The number of hydrogen-bond donors (Lipinski definition) is 3. The maximum Gasteiger partial charge on any atom is 0.148 e. The Hall–Kier alpha value is -2.34. The molecule has 0 spiro atoms. The molecular weight excluding hydrogens is 266 g/mol. The van der Waals surface area contributed by atoms with Crippen LogP contribution in [0.15, 0.2) is 30.6 Å². The van der Waals surface area contributed by atoms with E-state index in [0.717, 1.165) is 22.7 Å².